The molecule has 30 heavy (non-hydrogen) atoms. The fraction of sp³-hybridized carbons (Fsp3) is 0.273. The van der Waals surface area contributed by atoms with Gasteiger partial charge in [0.05, 0.1) is 29.5 Å². The SMILES string of the molecule is Cc1c(-c2cc(Sc3ccccn3)c3c(C#N)cnn3c2)cnn1C1CCNCC1. The number of hydrogen-bond acceptors (Lipinski definition) is 6. The minimum atomic E-state index is 0.431. The van der Waals surface area contributed by atoms with Crippen LogP contribution in [0, 0.1) is 18.3 Å². The van der Waals surface area contributed by atoms with E-state index in [0.29, 0.717) is 11.6 Å². The van der Waals surface area contributed by atoms with E-state index in [-0.39, 0.29) is 0 Å². The minimum Gasteiger partial charge on any atom is -0.317 e. The van der Waals surface area contributed by atoms with Crippen LogP contribution in [0.15, 0.2) is 59.0 Å². The first kappa shape index (κ1) is 18.9. The molecule has 7 nitrogen and oxygen atoms in total. The molecule has 0 radical (unpaired) electrons. The second-order valence-electron chi connectivity index (χ2n) is 7.40. The molecule has 150 valence electrons. The van der Waals surface area contributed by atoms with E-state index >= 15 is 0 Å². The molecule has 0 amide bonds. The van der Waals surface area contributed by atoms with E-state index in [4.69, 9.17) is 5.10 Å². The zero-order valence-electron chi connectivity index (χ0n) is 16.6. The van der Waals surface area contributed by atoms with Crippen molar-refractivity contribution in [3.05, 3.63) is 60.3 Å². The van der Waals surface area contributed by atoms with Crippen LogP contribution >= 0.6 is 11.8 Å². The summed E-state index contributed by atoms with van der Waals surface area (Å²) in [7, 11) is 0. The van der Waals surface area contributed by atoms with Crippen molar-refractivity contribution in [3.8, 4) is 17.2 Å². The monoisotopic (exact) mass is 415 g/mol. The molecular formula is C22H21N7S. The summed E-state index contributed by atoms with van der Waals surface area (Å²) in [5, 5.41) is 23.0. The van der Waals surface area contributed by atoms with Gasteiger partial charge in [0, 0.05) is 34.1 Å². The number of nitrogens with zero attached hydrogens (tertiary/aromatic N) is 6. The van der Waals surface area contributed by atoms with Gasteiger partial charge in [0.25, 0.3) is 0 Å². The number of rotatable bonds is 4. The molecule has 0 aliphatic carbocycles. The van der Waals surface area contributed by atoms with Crippen LogP contribution in [0.5, 0.6) is 0 Å². The first-order valence-electron chi connectivity index (χ1n) is 10.00. The Balaban J connectivity index is 1.60. The molecule has 0 bridgehead atoms. The third-order valence-electron chi connectivity index (χ3n) is 5.56. The van der Waals surface area contributed by atoms with Gasteiger partial charge in [-0.25, -0.2) is 9.50 Å². The first-order chi connectivity index (χ1) is 14.7. The summed E-state index contributed by atoms with van der Waals surface area (Å²) in [4.78, 5) is 5.39. The Morgan fingerprint density at radius 2 is 2.07 bits per heavy atom. The summed E-state index contributed by atoms with van der Waals surface area (Å²) in [5.41, 5.74) is 4.64. The van der Waals surface area contributed by atoms with Crippen LogP contribution in [0.25, 0.3) is 16.6 Å². The Hall–Kier alpha value is -3.15. The summed E-state index contributed by atoms with van der Waals surface area (Å²) in [5.74, 6) is 0. The maximum absolute atomic E-state index is 9.55. The minimum absolute atomic E-state index is 0.431. The Labute approximate surface area is 178 Å². The van der Waals surface area contributed by atoms with Gasteiger partial charge in [0.1, 0.15) is 11.1 Å². The number of fused-ring (bicyclic) bond motifs is 1. The predicted molar refractivity (Wildman–Crippen MR) is 115 cm³/mol. The van der Waals surface area contributed by atoms with Gasteiger partial charge >= 0.3 is 0 Å². The molecule has 1 fully saturated rings. The fourth-order valence-electron chi connectivity index (χ4n) is 4.04. The lowest BCUT2D eigenvalue weighted by atomic mass is 10.1. The molecule has 4 aromatic heterocycles. The van der Waals surface area contributed by atoms with Crippen LogP contribution in [0.1, 0.15) is 30.1 Å². The summed E-state index contributed by atoms with van der Waals surface area (Å²) >= 11 is 1.54. The van der Waals surface area contributed by atoms with Gasteiger partial charge in [-0.3, -0.25) is 4.68 Å². The number of nitriles is 1. The zero-order chi connectivity index (χ0) is 20.5. The summed E-state index contributed by atoms with van der Waals surface area (Å²) < 4.78 is 3.95. The average molecular weight is 416 g/mol. The first-order valence-corrected chi connectivity index (χ1v) is 10.8. The van der Waals surface area contributed by atoms with Gasteiger partial charge in [-0.15, -0.1) is 0 Å². The second-order valence-corrected chi connectivity index (χ2v) is 8.46. The van der Waals surface area contributed by atoms with Crippen LogP contribution in [0.4, 0.5) is 0 Å². The van der Waals surface area contributed by atoms with E-state index in [1.807, 2.05) is 30.6 Å². The zero-order valence-corrected chi connectivity index (χ0v) is 17.4. The molecule has 0 unspecified atom stereocenters. The lowest BCUT2D eigenvalue weighted by Crippen LogP contribution is -2.30. The van der Waals surface area contributed by atoms with Gasteiger partial charge in [0.15, 0.2) is 0 Å². The van der Waals surface area contributed by atoms with Crippen LogP contribution in [0.2, 0.25) is 0 Å². The number of piperidine rings is 1. The normalized spacial score (nSPS) is 14.8. The Bertz CT molecular complexity index is 1230. The van der Waals surface area contributed by atoms with Crippen molar-refractivity contribution in [2.24, 2.45) is 0 Å². The van der Waals surface area contributed by atoms with Gasteiger partial charge in [-0.2, -0.15) is 15.5 Å². The quantitative estimate of drug-likeness (QED) is 0.545. The lowest BCUT2D eigenvalue weighted by molar-refractivity contribution is 0.338. The van der Waals surface area contributed by atoms with Gasteiger partial charge in [-0.1, -0.05) is 17.8 Å². The van der Waals surface area contributed by atoms with E-state index in [1.165, 1.54) is 0 Å². The molecule has 1 saturated heterocycles. The Morgan fingerprint density at radius 3 is 2.83 bits per heavy atom. The third kappa shape index (κ3) is 3.36. The van der Waals surface area contributed by atoms with E-state index in [9.17, 15) is 5.26 Å². The van der Waals surface area contributed by atoms with Crippen molar-refractivity contribution < 1.29 is 0 Å². The van der Waals surface area contributed by atoms with Crippen LogP contribution in [-0.2, 0) is 0 Å². The fourth-order valence-corrected chi connectivity index (χ4v) is 5.01. The molecule has 1 aliphatic rings. The maximum atomic E-state index is 9.55. The third-order valence-corrected chi connectivity index (χ3v) is 6.54. The largest absolute Gasteiger partial charge is 0.317 e. The van der Waals surface area contributed by atoms with Crippen LogP contribution in [0.3, 0.4) is 0 Å². The van der Waals surface area contributed by atoms with Gasteiger partial charge < -0.3 is 5.32 Å². The number of aromatic nitrogens is 5. The van der Waals surface area contributed by atoms with E-state index < -0.39 is 0 Å². The molecular weight excluding hydrogens is 394 g/mol. The standard InChI is InChI=1S/C22H21N7S/c1-15-19(13-27-29(15)18-5-8-24-9-6-18)16-10-20(30-21-4-2-3-7-25-21)22-17(11-23)12-26-28(22)14-16/h2-4,7,10,12-14,18,24H,5-6,8-9H2,1H3. The molecule has 0 atom stereocenters. The van der Waals surface area contributed by atoms with Crippen LogP contribution in [-0.4, -0.2) is 37.5 Å². The molecule has 0 saturated carbocycles. The predicted octanol–water partition coefficient (Wildman–Crippen LogP) is 3.85. The number of pyridine rings is 2. The molecule has 0 aromatic carbocycles. The van der Waals surface area contributed by atoms with E-state index in [2.05, 4.69) is 39.1 Å². The highest BCUT2D eigenvalue weighted by molar-refractivity contribution is 7.99. The van der Waals surface area contributed by atoms with E-state index in [1.54, 1.807) is 28.7 Å². The highest BCUT2D eigenvalue weighted by atomic mass is 32.2. The summed E-state index contributed by atoms with van der Waals surface area (Å²) in [6.45, 7) is 4.19. The van der Waals surface area contributed by atoms with Crippen molar-refractivity contribution in [2.45, 2.75) is 35.7 Å². The number of hydrogen-bond donors (Lipinski definition) is 1. The topological polar surface area (TPSA) is 83.8 Å². The van der Waals surface area contributed by atoms with Crippen molar-refractivity contribution >= 4 is 17.3 Å². The highest BCUT2D eigenvalue weighted by Crippen LogP contribution is 2.36. The molecule has 8 heteroatoms. The van der Waals surface area contributed by atoms with Crippen molar-refractivity contribution in [1.82, 2.24) is 29.7 Å². The van der Waals surface area contributed by atoms with Crippen LogP contribution < -0.4 is 5.32 Å². The average Bonchev–Trinajstić information content (AvgIpc) is 3.38. The molecule has 1 N–H and O–H groups in total. The number of nitrogens with one attached hydrogen (secondary N) is 1. The molecule has 5 heterocycles. The Morgan fingerprint density at radius 1 is 1.20 bits per heavy atom. The molecule has 4 aromatic rings. The lowest BCUT2D eigenvalue weighted by Gasteiger charge is -2.24. The smallest absolute Gasteiger partial charge is 0.103 e. The van der Waals surface area contributed by atoms with E-state index in [0.717, 1.165) is 58.2 Å². The van der Waals surface area contributed by atoms with Gasteiger partial charge in [-0.05, 0) is 51.1 Å². The maximum Gasteiger partial charge on any atom is 0.103 e. The van der Waals surface area contributed by atoms with Crippen molar-refractivity contribution in [3.63, 3.8) is 0 Å². The highest BCUT2D eigenvalue weighted by Gasteiger charge is 2.21. The van der Waals surface area contributed by atoms with Gasteiger partial charge in [0.2, 0.25) is 0 Å². The summed E-state index contributed by atoms with van der Waals surface area (Å²) in [6, 6.07) is 10.6. The second kappa shape index (κ2) is 7.94. The van der Waals surface area contributed by atoms with Crippen molar-refractivity contribution in [2.75, 3.05) is 13.1 Å². The summed E-state index contributed by atoms with van der Waals surface area (Å²) in [6.07, 6.45) is 9.50. The Kier molecular flexibility index (Phi) is 4.99. The molecule has 5 rings (SSSR count). The molecule has 1 aliphatic heterocycles. The van der Waals surface area contributed by atoms with Crippen molar-refractivity contribution in [1.29, 1.82) is 5.26 Å². The molecule has 0 spiro atoms.